The van der Waals surface area contributed by atoms with Crippen molar-refractivity contribution in [1.82, 2.24) is 4.90 Å². The van der Waals surface area contributed by atoms with Crippen LogP contribution in [0.2, 0.25) is 0 Å². The van der Waals surface area contributed by atoms with Gasteiger partial charge in [0.15, 0.2) is 0 Å². The van der Waals surface area contributed by atoms with Gasteiger partial charge in [-0.1, -0.05) is 35.7 Å². The Morgan fingerprint density at radius 1 is 1.25 bits per heavy atom. The van der Waals surface area contributed by atoms with Crippen molar-refractivity contribution in [2.45, 2.75) is 51.2 Å². The third-order valence-corrected chi connectivity index (χ3v) is 5.49. The minimum Gasteiger partial charge on any atom is -0.338 e. The van der Waals surface area contributed by atoms with Gasteiger partial charge in [0.25, 0.3) is 0 Å². The highest BCUT2D eigenvalue weighted by molar-refractivity contribution is 9.09. The van der Waals surface area contributed by atoms with Crippen LogP contribution in [-0.2, 0) is 4.79 Å². The van der Waals surface area contributed by atoms with Crippen molar-refractivity contribution in [2.75, 3.05) is 11.9 Å². The van der Waals surface area contributed by atoms with Crippen molar-refractivity contribution in [2.24, 2.45) is 17.8 Å². The van der Waals surface area contributed by atoms with Crippen LogP contribution in [0.3, 0.4) is 0 Å². The fourth-order valence-corrected chi connectivity index (χ4v) is 4.54. The van der Waals surface area contributed by atoms with Crippen LogP contribution in [0.25, 0.3) is 0 Å². The third-order valence-electron chi connectivity index (χ3n) is 4.83. The largest absolute Gasteiger partial charge is 0.392 e. The number of likely N-dealkylation sites (tertiary alicyclic amines) is 1. The number of halogens is 4. The van der Waals surface area contributed by atoms with Gasteiger partial charge >= 0.3 is 6.18 Å². The van der Waals surface area contributed by atoms with Gasteiger partial charge in [-0.3, -0.25) is 4.79 Å². The molecule has 1 heterocycles. The topological polar surface area (TPSA) is 20.3 Å². The molecule has 20 heavy (non-hydrogen) atoms. The van der Waals surface area contributed by atoms with Gasteiger partial charge < -0.3 is 4.90 Å². The van der Waals surface area contributed by atoms with Gasteiger partial charge in [-0.15, -0.1) is 0 Å². The highest BCUT2D eigenvalue weighted by Gasteiger charge is 2.50. The Morgan fingerprint density at radius 3 is 2.50 bits per heavy atom. The second-order valence-corrected chi connectivity index (χ2v) is 6.71. The average molecular weight is 356 g/mol. The number of carbonyl (C=O) groups is 1. The summed E-state index contributed by atoms with van der Waals surface area (Å²) in [5.41, 5.74) is 0. The molecule has 0 N–H and O–H groups in total. The molecule has 4 atom stereocenters. The second-order valence-electron chi connectivity index (χ2n) is 6.06. The lowest BCUT2D eigenvalue weighted by Gasteiger charge is -2.36. The molecule has 4 unspecified atom stereocenters. The van der Waals surface area contributed by atoms with Crippen LogP contribution in [0, 0.1) is 17.8 Å². The van der Waals surface area contributed by atoms with E-state index in [4.69, 9.17) is 0 Å². The molecule has 1 aliphatic heterocycles. The second kappa shape index (κ2) is 6.24. The highest BCUT2D eigenvalue weighted by Crippen LogP contribution is 2.43. The zero-order valence-electron chi connectivity index (χ0n) is 11.6. The number of amides is 1. The van der Waals surface area contributed by atoms with Crippen LogP contribution < -0.4 is 0 Å². The molecule has 0 bridgehead atoms. The molecule has 6 heteroatoms. The summed E-state index contributed by atoms with van der Waals surface area (Å²) in [7, 11) is 0. The van der Waals surface area contributed by atoms with Gasteiger partial charge in [-0.05, 0) is 25.2 Å². The molecule has 2 nitrogen and oxygen atoms in total. The fraction of sp³-hybridized carbons (Fsp3) is 0.929. The van der Waals surface area contributed by atoms with Crippen LogP contribution >= 0.6 is 15.9 Å². The Kier molecular flexibility index (Phi) is 5.03. The van der Waals surface area contributed by atoms with Gasteiger partial charge in [0.1, 0.15) is 0 Å². The Balaban J connectivity index is 2.14. The molecular weight excluding hydrogens is 335 g/mol. The maximum absolute atomic E-state index is 13.1. The number of hydrogen-bond acceptors (Lipinski definition) is 1. The van der Waals surface area contributed by atoms with Gasteiger partial charge in [0.2, 0.25) is 5.91 Å². The Hall–Kier alpha value is -0.260. The van der Waals surface area contributed by atoms with Gasteiger partial charge in [-0.25, -0.2) is 0 Å². The van der Waals surface area contributed by atoms with Crippen LogP contribution in [-0.4, -0.2) is 34.9 Å². The predicted octanol–water partition coefficient (Wildman–Crippen LogP) is 3.99. The Bertz CT molecular complexity index is 361. The minimum absolute atomic E-state index is 0.0401. The zero-order valence-corrected chi connectivity index (χ0v) is 13.2. The zero-order chi connectivity index (χ0) is 14.9. The number of rotatable bonds is 2. The SMILES string of the molecule is CC1CCN(C(=O)C2CCCCC2C(F)(F)F)C1CBr. The summed E-state index contributed by atoms with van der Waals surface area (Å²) >= 11 is 3.39. The monoisotopic (exact) mass is 355 g/mol. The predicted molar refractivity (Wildman–Crippen MR) is 74.6 cm³/mol. The van der Waals surface area contributed by atoms with Gasteiger partial charge in [-0.2, -0.15) is 13.2 Å². The standard InChI is InChI=1S/C14H21BrF3NO/c1-9-6-7-19(12(9)8-15)13(20)10-4-2-3-5-11(10)14(16,17)18/h9-12H,2-8H2,1H3. The molecule has 1 amide bonds. The molecule has 0 radical (unpaired) electrons. The van der Waals surface area contributed by atoms with E-state index < -0.39 is 18.0 Å². The molecule has 1 aliphatic carbocycles. The third kappa shape index (κ3) is 3.15. The first-order chi connectivity index (χ1) is 9.36. The number of nitrogens with zero attached hydrogens (tertiary/aromatic N) is 1. The van der Waals surface area contributed by atoms with E-state index in [-0.39, 0.29) is 18.4 Å². The molecule has 2 rings (SSSR count). The smallest absolute Gasteiger partial charge is 0.338 e. The lowest BCUT2D eigenvalue weighted by Crippen LogP contribution is -2.47. The quantitative estimate of drug-likeness (QED) is 0.686. The van der Waals surface area contributed by atoms with E-state index >= 15 is 0 Å². The van der Waals surface area contributed by atoms with Gasteiger partial charge in [0, 0.05) is 23.8 Å². The van der Waals surface area contributed by atoms with E-state index in [0.717, 1.165) is 12.8 Å². The number of carbonyl (C=O) groups excluding carboxylic acids is 1. The van der Waals surface area contributed by atoms with Crippen molar-refractivity contribution in [3.63, 3.8) is 0 Å². The van der Waals surface area contributed by atoms with Crippen molar-refractivity contribution >= 4 is 21.8 Å². The normalized spacial score (nSPS) is 35.4. The molecule has 1 saturated carbocycles. The summed E-state index contributed by atoms with van der Waals surface area (Å²) in [5.74, 6) is -2.24. The van der Waals surface area contributed by atoms with Crippen LogP contribution in [0.4, 0.5) is 13.2 Å². The molecular formula is C14H21BrF3NO. The molecule has 0 aromatic rings. The summed E-state index contributed by atoms with van der Waals surface area (Å²) in [6.07, 6.45) is -1.59. The average Bonchev–Trinajstić information content (AvgIpc) is 2.78. The van der Waals surface area contributed by atoms with E-state index in [2.05, 4.69) is 22.9 Å². The fourth-order valence-electron chi connectivity index (χ4n) is 3.55. The molecule has 116 valence electrons. The molecule has 0 aromatic carbocycles. The molecule has 2 aliphatic rings. The summed E-state index contributed by atoms with van der Waals surface area (Å²) in [4.78, 5) is 14.3. The molecule has 0 aromatic heterocycles. The Morgan fingerprint density at radius 2 is 1.90 bits per heavy atom. The first kappa shape index (κ1) is 16.1. The lowest BCUT2D eigenvalue weighted by atomic mass is 9.78. The summed E-state index contributed by atoms with van der Waals surface area (Å²) < 4.78 is 39.3. The van der Waals surface area contributed by atoms with E-state index in [0.29, 0.717) is 30.6 Å². The number of alkyl halides is 4. The van der Waals surface area contributed by atoms with E-state index in [1.807, 2.05) is 0 Å². The van der Waals surface area contributed by atoms with Gasteiger partial charge in [0.05, 0.1) is 5.92 Å². The summed E-state index contributed by atoms with van der Waals surface area (Å²) in [6.45, 7) is 2.65. The van der Waals surface area contributed by atoms with Crippen LogP contribution in [0.1, 0.15) is 39.0 Å². The highest BCUT2D eigenvalue weighted by atomic mass is 79.9. The minimum atomic E-state index is -4.25. The van der Waals surface area contributed by atoms with Crippen molar-refractivity contribution in [3.8, 4) is 0 Å². The maximum Gasteiger partial charge on any atom is 0.392 e. The van der Waals surface area contributed by atoms with E-state index in [1.54, 1.807) is 4.90 Å². The first-order valence-corrected chi connectivity index (χ1v) is 8.41. The molecule has 0 spiro atoms. The summed E-state index contributed by atoms with van der Waals surface area (Å²) in [6, 6.07) is 0.0401. The van der Waals surface area contributed by atoms with Crippen molar-refractivity contribution in [3.05, 3.63) is 0 Å². The van der Waals surface area contributed by atoms with Crippen LogP contribution in [0.5, 0.6) is 0 Å². The van der Waals surface area contributed by atoms with Crippen molar-refractivity contribution in [1.29, 1.82) is 0 Å². The van der Waals surface area contributed by atoms with E-state index in [9.17, 15) is 18.0 Å². The van der Waals surface area contributed by atoms with Crippen molar-refractivity contribution < 1.29 is 18.0 Å². The maximum atomic E-state index is 13.1. The Labute approximate surface area is 126 Å². The molecule has 2 fully saturated rings. The van der Waals surface area contributed by atoms with E-state index in [1.165, 1.54) is 0 Å². The lowest BCUT2D eigenvalue weighted by molar-refractivity contribution is -0.201. The van der Waals surface area contributed by atoms with Crippen LogP contribution in [0.15, 0.2) is 0 Å². The molecule has 1 saturated heterocycles. The number of hydrogen-bond donors (Lipinski definition) is 0. The summed E-state index contributed by atoms with van der Waals surface area (Å²) in [5, 5.41) is 0.642. The first-order valence-electron chi connectivity index (χ1n) is 7.29.